The van der Waals surface area contributed by atoms with Gasteiger partial charge >= 0.3 is 0 Å². The van der Waals surface area contributed by atoms with Crippen LogP contribution in [0.25, 0.3) is 0 Å². The third-order valence-corrected chi connectivity index (χ3v) is 9.38. The van der Waals surface area contributed by atoms with Crippen molar-refractivity contribution in [3.05, 3.63) is 32.8 Å². The minimum atomic E-state index is -3.32. The molecule has 0 atom stereocenters. The van der Waals surface area contributed by atoms with E-state index >= 15 is 0 Å². The first-order valence-corrected chi connectivity index (χ1v) is 13.7. The molecule has 186 valence electrons. The third kappa shape index (κ3) is 6.30. The molecule has 1 aromatic carbocycles. The van der Waals surface area contributed by atoms with Crippen LogP contribution < -0.4 is 5.32 Å². The maximum absolute atomic E-state index is 14.0. The molecule has 1 heterocycles. The zero-order valence-corrected chi connectivity index (χ0v) is 21.4. The minimum Gasteiger partial charge on any atom is -0.350 e. The van der Waals surface area contributed by atoms with Gasteiger partial charge in [-0.15, -0.1) is 0 Å². The van der Waals surface area contributed by atoms with Crippen molar-refractivity contribution in [3.63, 3.8) is 0 Å². The lowest BCUT2D eigenvalue weighted by atomic mass is 9.78. The average Bonchev–Trinajstić information content (AvgIpc) is 2.73. The Morgan fingerprint density at radius 2 is 1.58 bits per heavy atom. The van der Waals surface area contributed by atoms with Crippen LogP contribution in [0.5, 0.6) is 0 Å². The summed E-state index contributed by atoms with van der Waals surface area (Å²) in [6, 6.07) is 2.83. The highest BCUT2D eigenvalue weighted by Crippen LogP contribution is 2.42. The van der Waals surface area contributed by atoms with E-state index in [-0.39, 0.29) is 53.6 Å². The fraction of sp³-hybridized carbons (Fsp3) is 0.667. The van der Waals surface area contributed by atoms with E-state index in [1.54, 1.807) is 0 Å². The van der Waals surface area contributed by atoms with Gasteiger partial charge in [-0.2, -0.15) is 4.31 Å². The molecule has 1 saturated carbocycles. The first kappa shape index (κ1) is 26.9. The van der Waals surface area contributed by atoms with E-state index in [4.69, 9.17) is 34.8 Å². The highest BCUT2D eigenvalue weighted by Gasteiger charge is 2.47. The number of alkyl halides is 2. The zero-order valence-electron chi connectivity index (χ0n) is 18.4. The van der Waals surface area contributed by atoms with Gasteiger partial charge in [0.15, 0.2) is 0 Å². The normalized spacial score (nSPS) is 21.6. The van der Waals surface area contributed by atoms with E-state index in [0.29, 0.717) is 37.6 Å². The van der Waals surface area contributed by atoms with Gasteiger partial charge in [0.2, 0.25) is 15.9 Å². The summed E-state index contributed by atoms with van der Waals surface area (Å²) in [6.45, 7) is 3.35. The fourth-order valence-corrected chi connectivity index (χ4v) is 7.09. The Kier molecular flexibility index (Phi) is 8.55. The lowest BCUT2D eigenvalue weighted by Gasteiger charge is -2.50. The summed E-state index contributed by atoms with van der Waals surface area (Å²) >= 11 is 18.2. The summed E-state index contributed by atoms with van der Waals surface area (Å²) < 4.78 is 54.3. The number of hydrogen-bond acceptors (Lipinski definition) is 4. The van der Waals surface area contributed by atoms with Gasteiger partial charge in [-0.3, -0.25) is 9.69 Å². The quantitative estimate of drug-likeness (QED) is 0.539. The van der Waals surface area contributed by atoms with Gasteiger partial charge < -0.3 is 5.32 Å². The monoisotopic (exact) mass is 545 g/mol. The molecule has 0 unspecified atom stereocenters. The molecule has 1 N–H and O–H groups in total. The summed E-state index contributed by atoms with van der Waals surface area (Å²) in [5.74, 6) is -3.17. The van der Waals surface area contributed by atoms with Crippen molar-refractivity contribution in [2.45, 2.75) is 50.5 Å². The van der Waals surface area contributed by atoms with Crippen molar-refractivity contribution in [3.8, 4) is 0 Å². The van der Waals surface area contributed by atoms with Crippen LogP contribution in [-0.4, -0.2) is 73.5 Å². The van der Waals surface area contributed by atoms with Crippen LogP contribution in [0.2, 0.25) is 15.1 Å². The second-order valence-electron chi connectivity index (χ2n) is 8.71. The van der Waals surface area contributed by atoms with Crippen molar-refractivity contribution in [2.24, 2.45) is 0 Å². The molecule has 3 rings (SSSR count). The molecular formula is C21H28Cl3F2N3O3S. The van der Waals surface area contributed by atoms with Crippen LogP contribution in [0.15, 0.2) is 12.1 Å². The number of carbonyl (C=O) groups excluding carboxylic acids is 1. The maximum Gasteiger partial charge on any atom is 0.254 e. The number of sulfonamides is 1. The summed E-state index contributed by atoms with van der Waals surface area (Å²) in [6.07, 6.45) is 0.316. The van der Waals surface area contributed by atoms with E-state index in [2.05, 4.69) is 5.32 Å². The molecule has 2 fully saturated rings. The second-order valence-corrected chi connectivity index (χ2v) is 12.0. The average molecular weight is 547 g/mol. The van der Waals surface area contributed by atoms with Crippen LogP contribution in [0, 0.1) is 0 Å². The molecule has 1 amide bonds. The highest BCUT2D eigenvalue weighted by atomic mass is 35.5. The lowest BCUT2D eigenvalue weighted by Crippen LogP contribution is -2.63. The molecule has 1 aliphatic carbocycles. The molecule has 0 bridgehead atoms. The van der Waals surface area contributed by atoms with Crippen LogP contribution >= 0.6 is 34.8 Å². The largest absolute Gasteiger partial charge is 0.350 e. The summed E-state index contributed by atoms with van der Waals surface area (Å²) in [5, 5.41) is 3.32. The van der Waals surface area contributed by atoms with E-state index in [1.165, 1.54) is 16.4 Å². The molecule has 0 spiro atoms. The van der Waals surface area contributed by atoms with E-state index in [1.807, 2.05) is 11.8 Å². The Morgan fingerprint density at radius 3 is 2.09 bits per heavy atom. The first-order chi connectivity index (χ1) is 15.4. The van der Waals surface area contributed by atoms with Crippen LogP contribution in [0.4, 0.5) is 8.78 Å². The number of carbonyl (C=O) groups is 1. The van der Waals surface area contributed by atoms with Crippen molar-refractivity contribution in [1.29, 1.82) is 0 Å². The number of amides is 1. The van der Waals surface area contributed by atoms with E-state index in [9.17, 15) is 22.0 Å². The molecule has 1 aliphatic heterocycles. The number of rotatable bonds is 7. The van der Waals surface area contributed by atoms with Gasteiger partial charge in [-0.05, 0) is 31.4 Å². The van der Waals surface area contributed by atoms with E-state index < -0.39 is 27.4 Å². The van der Waals surface area contributed by atoms with Gasteiger partial charge in [0.1, 0.15) is 0 Å². The molecule has 12 heteroatoms. The number of hydrogen-bond donors (Lipinski definition) is 1. The van der Waals surface area contributed by atoms with Gasteiger partial charge in [0.05, 0.1) is 21.4 Å². The fourth-order valence-electron chi connectivity index (χ4n) is 4.61. The Balaban J connectivity index is 1.75. The number of piperazine rings is 1. The zero-order chi connectivity index (χ0) is 24.4. The first-order valence-electron chi connectivity index (χ1n) is 10.9. The van der Waals surface area contributed by atoms with Crippen molar-refractivity contribution < 1.29 is 22.0 Å². The Hall–Kier alpha value is -0.710. The van der Waals surface area contributed by atoms with Crippen LogP contribution in [0.3, 0.4) is 0 Å². The van der Waals surface area contributed by atoms with Gasteiger partial charge in [0, 0.05) is 56.1 Å². The summed E-state index contributed by atoms with van der Waals surface area (Å²) in [7, 11) is -3.32. The molecule has 1 saturated heterocycles. The number of halogens is 5. The number of benzene rings is 1. The molecule has 1 aromatic rings. The van der Waals surface area contributed by atoms with Crippen molar-refractivity contribution in [1.82, 2.24) is 14.5 Å². The lowest BCUT2D eigenvalue weighted by molar-refractivity contribution is -0.0856. The smallest absolute Gasteiger partial charge is 0.254 e. The van der Waals surface area contributed by atoms with Crippen molar-refractivity contribution >= 4 is 50.7 Å². The SMILES string of the molecule is CCCS(=O)(=O)N1CCN(C2(CNC(=O)c3c(Cl)cc(Cl)cc3Cl)CCC(F)(F)CC2)CC1. The topological polar surface area (TPSA) is 69.7 Å². The van der Waals surface area contributed by atoms with E-state index in [0.717, 1.165) is 0 Å². The maximum atomic E-state index is 14.0. The molecule has 2 aliphatic rings. The van der Waals surface area contributed by atoms with Gasteiger partial charge in [-0.25, -0.2) is 17.2 Å². The van der Waals surface area contributed by atoms with Crippen LogP contribution in [-0.2, 0) is 10.0 Å². The predicted octanol–water partition coefficient (Wildman–Crippen LogP) is 4.68. The Labute approximate surface area is 208 Å². The summed E-state index contributed by atoms with van der Waals surface area (Å²) in [5.41, 5.74) is -0.627. The second kappa shape index (κ2) is 10.5. The molecular weight excluding hydrogens is 519 g/mol. The molecule has 6 nitrogen and oxygen atoms in total. The minimum absolute atomic E-state index is 0.0782. The standard InChI is InChI=1S/C21H28Cl3F2N3O3S/c1-2-11-33(31,32)29-9-7-28(8-10-29)20(3-5-21(25,26)6-4-20)14-27-19(30)18-16(23)12-15(22)13-17(18)24/h12-13H,2-11,14H2,1H3,(H,27,30). The predicted molar refractivity (Wildman–Crippen MR) is 127 cm³/mol. The van der Waals surface area contributed by atoms with Crippen molar-refractivity contribution in [2.75, 3.05) is 38.5 Å². The molecule has 0 aromatic heterocycles. The summed E-state index contributed by atoms with van der Waals surface area (Å²) in [4.78, 5) is 14.9. The Morgan fingerprint density at radius 1 is 1.03 bits per heavy atom. The van der Waals surface area contributed by atoms with Gasteiger partial charge in [-0.1, -0.05) is 41.7 Å². The molecule has 0 radical (unpaired) electrons. The number of nitrogens with zero attached hydrogens (tertiary/aromatic N) is 2. The Bertz CT molecular complexity index is 953. The van der Waals surface area contributed by atoms with Crippen LogP contribution in [0.1, 0.15) is 49.4 Å². The third-order valence-electron chi connectivity index (χ3n) is 6.49. The number of nitrogens with one attached hydrogen (secondary N) is 1. The van der Waals surface area contributed by atoms with Gasteiger partial charge in [0.25, 0.3) is 5.91 Å². The molecule has 33 heavy (non-hydrogen) atoms. The highest BCUT2D eigenvalue weighted by molar-refractivity contribution is 7.89.